The monoisotopic (exact) mass is 270 g/mol. The summed E-state index contributed by atoms with van der Waals surface area (Å²) in [6.07, 6.45) is 2.69. The van der Waals surface area contributed by atoms with Crippen LogP contribution in [0, 0.1) is 11.3 Å². The van der Waals surface area contributed by atoms with Gasteiger partial charge in [-0.05, 0) is 44.6 Å². The molecule has 1 fully saturated rings. The van der Waals surface area contributed by atoms with Gasteiger partial charge in [0.2, 0.25) is 0 Å². The van der Waals surface area contributed by atoms with Crippen LogP contribution >= 0.6 is 0 Å². The topological polar surface area (TPSA) is 24.5 Å². The van der Waals surface area contributed by atoms with E-state index in [1.54, 1.807) is 7.11 Å². The van der Waals surface area contributed by atoms with Crippen LogP contribution in [0.4, 0.5) is 0 Å². The van der Waals surface area contributed by atoms with Crippen LogP contribution in [0.5, 0.6) is 0 Å². The fraction of sp³-hybridized carbons (Fsp3) is 1.00. The molecular weight excluding hydrogens is 236 g/mol. The molecule has 0 amide bonds. The molecule has 2 atom stereocenters. The van der Waals surface area contributed by atoms with Gasteiger partial charge >= 0.3 is 0 Å². The summed E-state index contributed by atoms with van der Waals surface area (Å²) in [5.74, 6) is 0.772. The fourth-order valence-electron chi connectivity index (χ4n) is 3.45. The maximum Gasteiger partial charge on any atom is 0.0589 e. The van der Waals surface area contributed by atoms with Gasteiger partial charge in [0.1, 0.15) is 0 Å². The number of rotatable bonds is 8. The number of hydrogen-bond donors (Lipinski definition) is 1. The molecule has 3 heteroatoms. The van der Waals surface area contributed by atoms with Gasteiger partial charge in [-0.3, -0.25) is 4.90 Å². The second-order valence-electron chi connectivity index (χ2n) is 6.90. The SMILES string of the molecule is CCNC1C(CN(CCOC)C(C)C)CCC1(C)C. The summed E-state index contributed by atoms with van der Waals surface area (Å²) in [5.41, 5.74) is 0.435. The first-order valence-corrected chi connectivity index (χ1v) is 7.88. The maximum absolute atomic E-state index is 5.24. The van der Waals surface area contributed by atoms with Gasteiger partial charge in [0, 0.05) is 32.3 Å². The summed E-state index contributed by atoms with van der Waals surface area (Å²) in [7, 11) is 1.79. The third kappa shape index (κ3) is 4.73. The number of nitrogens with one attached hydrogen (secondary N) is 1. The Bertz CT molecular complexity index is 253. The third-order valence-electron chi connectivity index (χ3n) is 4.68. The zero-order chi connectivity index (χ0) is 14.5. The molecule has 1 aliphatic rings. The third-order valence-corrected chi connectivity index (χ3v) is 4.68. The van der Waals surface area contributed by atoms with Crippen molar-refractivity contribution < 1.29 is 4.74 Å². The van der Waals surface area contributed by atoms with Gasteiger partial charge in [-0.15, -0.1) is 0 Å². The van der Waals surface area contributed by atoms with Crippen molar-refractivity contribution in [2.45, 2.75) is 59.5 Å². The number of methoxy groups -OCH3 is 1. The molecule has 0 spiro atoms. The standard InChI is InChI=1S/C16H34N2O/c1-7-17-15-14(8-9-16(15,4)5)12-18(13(2)3)10-11-19-6/h13-15,17H,7-12H2,1-6H3. The highest BCUT2D eigenvalue weighted by atomic mass is 16.5. The van der Waals surface area contributed by atoms with Crippen molar-refractivity contribution >= 4 is 0 Å². The van der Waals surface area contributed by atoms with E-state index in [4.69, 9.17) is 4.74 Å². The van der Waals surface area contributed by atoms with E-state index in [-0.39, 0.29) is 0 Å². The molecule has 0 heterocycles. The zero-order valence-corrected chi connectivity index (χ0v) is 13.8. The first-order chi connectivity index (χ1) is 8.92. The van der Waals surface area contributed by atoms with Crippen LogP contribution in [0.2, 0.25) is 0 Å². The van der Waals surface area contributed by atoms with Crippen molar-refractivity contribution in [3.8, 4) is 0 Å². The quantitative estimate of drug-likeness (QED) is 0.734. The van der Waals surface area contributed by atoms with Crippen LogP contribution < -0.4 is 5.32 Å². The predicted octanol–water partition coefficient (Wildman–Crippen LogP) is 2.76. The summed E-state index contributed by atoms with van der Waals surface area (Å²) in [4.78, 5) is 2.57. The zero-order valence-electron chi connectivity index (χ0n) is 13.8. The molecule has 0 aromatic carbocycles. The normalized spacial score (nSPS) is 26.5. The lowest BCUT2D eigenvalue weighted by Crippen LogP contribution is -2.47. The molecular formula is C16H34N2O. The summed E-state index contributed by atoms with van der Waals surface area (Å²) in [6, 6.07) is 1.25. The Morgan fingerprint density at radius 1 is 1.37 bits per heavy atom. The van der Waals surface area contributed by atoms with E-state index in [1.807, 2.05) is 0 Å². The van der Waals surface area contributed by atoms with E-state index in [1.165, 1.54) is 19.4 Å². The van der Waals surface area contributed by atoms with Gasteiger partial charge in [0.25, 0.3) is 0 Å². The summed E-state index contributed by atoms with van der Waals surface area (Å²) in [5, 5.41) is 3.73. The van der Waals surface area contributed by atoms with Crippen molar-refractivity contribution in [3.05, 3.63) is 0 Å². The van der Waals surface area contributed by atoms with Crippen molar-refractivity contribution in [3.63, 3.8) is 0 Å². The van der Waals surface area contributed by atoms with Gasteiger partial charge < -0.3 is 10.1 Å². The highest BCUT2D eigenvalue weighted by molar-refractivity contribution is 4.97. The Morgan fingerprint density at radius 2 is 2.05 bits per heavy atom. The molecule has 2 unspecified atom stereocenters. The Kier molecular flexibility index (Phi) is 6.78. The Balaban J connectivity index is 2.62. The van der Waals surface area contributed by atoms with Crippen molar-refractivity contribution in [2.75, 3.05) is 33.4 Å². The molecule has 0 radical (unpaired) electrons. The van der Waals surface area contributed by atoms with E-state index in [9.17, 15) is 0 Å². The van der Waals surface area contributed by atoms with Crippen LogP contribution in [0.15, 0.2) is 0 Å². The maximum atomic E-state index is 5.24. The van der Waals surface area contributed by atoms with Crippen molar-refractivity contribution in [1.82, 2.24) is 10.2 Å². The van der Waals surface area contributed by atoms with E-state index in [0.717, 1.165) is 25.6 Å². The second-order valence-corrected chi connectivity index (χ2v) is 6.90. The van der Waals surface area contributed by atoms with Gasteiger partial charge in [0.15, 0.2) is 0 Å². The molecule has 3 nitrogen and oxygen atoms in total. The van der Waals surface area contributed by atoms with Crippen LogP contribution in [0.1, 0.15) is 47.5 Å². The minimum Gasteiger partial charge on any atom is -0.383 e. The minimum atomic E-state index is 0.435. The molecule has 1 saturated carbocycles. The van der Waals surface area contributed by atoms with Crippen LogP contribution in [-0.2, 0) is 4.74 Å². The largest absolute Gasteiger partial charge is 0.383 e. The molecule has 0 aliphatic heterocycles. The summed E-state index contributed by atoms with van der Waals surface area (Å²) < 4.78 is 5.24. The van der Waals surface area contributed by atoms with Gasteiger partial charge in [-0.2, -0.15) is 0 Å². The Morgan fingerprint density at radius 3 is 2.58 bits per heavy atom. The molecule has 1 aliphatic carbocycles. The van der Waals surface area contributed by atoms with E-state index in [2.05, 4.69) is 44.8 Å². The fourth-order valence-corrected chi connectivity index (χ4v) is 3.45. The molecule has 0 aromatic rings. The summed E-state index contributed by atoms with van der Waals surface area (Å²) >= 11 is 0. The lowest BCUT2D eigenvalue weighted by molar-refractivity contribution is 0.107. The van der Waals surface area contributed by atoms with Crippen LogP contribution in [-0.4, -0.2) is 50.3 Å². The smallest absolute Gasteiger partial charge is 0.0589 e. The highest BCUT2D eigenvalue weighted by Crippen LogP contribution is 2.41. The van der Waals surface area contributed by atoms with Crippen LogP contribution in [0.25, 0.3) is 0 Å². The molecule has 114 valence electrons. The van der Waals surface area contributed by atoms with Gasteiger partial charge in [-0.1, -0.05) is 20.8 Å². The molecule has 1 N–H and O–H groups in total. The molecule has 0 aromatic heterocycles. The molecule has 0 saturated heterocycles. The molecule has 1 rings (SSSR count). The van der Waals surface area contributed by atoms with Crippen molar-refractivity contribution in [2.24, 2.45) is 11.3 Å². The average molecular weight is 270 g/mol. The first kappa shape index (κ1) is 16.9. The van der Waals surface area contributed by atoms with E-state index >= 15 is 0 Å². The lowest BCUT2D eigenvalue weighted by Gasteiger charge is -2.35. The van der Waals surface area contributed by atoms with Gasteiger partial charge in [-0.25, -0.2) is 0 Å². The first-order valence-electron chi connectivity index (χ1n) is 7.88. The van der Waals surface area contributed by atoms with Crippen LogP contribution in [0.3, 0.4) is 0 Å². The molecule has 0 bridgehead atoms. The number of nitrogens with zero attached hydrogens (tertiary/aromatic N) is 1. The number of ether oxygens (including phenoxy) is 1. The minimum absolute atomic E-state index is 0.435. The summed E-state index contributed by atoms with van der Waals surface area (Å²) in [6.45, 7) is 15.8. The van der Waals surface area contributed by atoms with Gasteiger partial charge in [0.05, 0.1) is 6.61 Å². The Hall–Kier alpha value is -0.120. The lowest BCUT2D eigenvalue weighted by atomic mass is 9.84. The predicted molar refractivity (Wildman–Crippen MR) is 82.6 cm³/mol. The van der Waals surface area contributed by atoms with Crippen molar-refractivity contribution in [1.29, 1.82) is 0 Å². The Labute approximate surface area is 120 Å². The average Bonchev–Trinajstić information content (AvgIpc) is 2.61. The second kappa shape index (κ2) is 7.61. The number of hydrogen-bond acceptors (Lipinski definition) is 3. The van der Waals surface area contributed by atoms with E-state index < -0.39 is 0 Å². The molecule has 19 heavy (non-hydrogen) atoms. The highest BCUT2D eigenvalue weighted by Gasteiger charge is 2.41. The van der Waals surface area contributed by atoms with E-state index in [0.29, 0.717) is 17.5 Å².